The first kappa shape index (κ1) is 26.7. The highest BCUT2D eigenvalue weighted by Gasteiger charge is 2.31. The van der Waals surface area contributed by atoms with Crippen LogP contribution in [0.3, 0.4) is 0 Å². The van der Waals surface area contributed by atoms with Gasteiger partial charge in [-0.05, 0) is 58.2 Å². The maximum absolute atomic E-state index is 12.4. The molecule has 0 aliphatic carbocycles. The monoisotopic (exact) mass is 556 g/mol. The smallest absolute Gasteiger partial charge is 0.239 e. The Labute approximate surface area is 211 Å². The number of guanidine groups is 1. The molecule has 0 bridgehead atoms. The zero-order valence-electron chi connectivity index (χ0n) is 20.1. The van der Waals surface area contributed by atoms with Gasteiger partial charge in [-0.2, -0.15) is 0 Å². The van der Waals surface area contributed by atoms with Crippen LogP contribution in [0.4, 0.5) is 5.69 Å². The van der Waals surface area contributed by atoms with E-state index in [1.165, 1.54) is 11.3 Å². The lowest BCUT2D eigenvalue weighted by Crippen LogP contribution is -2.45. The number of halogens is 1. The molecule has 32 heavy (non-hydrogen) atoms. The van der Waals surface area contributed by atoms with E-state index in [1.54, 1.807) is 4.90 Å². The Morgan fingerprint density at radius 3 is 2.62 bits per heavy atom. The van der Waals surface area contributed by atoms with Crippen LogP contribution in [0.25, 0.3) is 0 Å². The molecule has 180 valence electrons. The van der Waals surface area contributed by atoms with Gasteiger partial charge in [-0.15, -0.1) is 24.0 Å². The molecular weight excluding hydrogens is 515 g/mol. The van der Waals surface area contributed by atoms with Crippen molar-refractivity contribution in [1.29, 1.82) is 0 Å². The third kappa shape index (κ3) is 7.50. The van der Waals surface area contributed by atoms with Gasteiger partial charge in [0.15, 0.2) is 5.96 Å². The topological polar surface area (TPSA) is 63.2 Å². The van der Waals surface area contributed by atoms with Crippen LogP contribution in [-0.2, 0) is 4.79 Å². The zero-order valence-corrected chi connectivity index (χ0v) is 22.5. The van der Waals surface area contributed by atoms with E-state index in [2.05, 4.69) is 58.5 Å². The molecule has 0 aromatic heterocycles. The number of benzene rings is 1. The number of likely N-dealkylation sites (tertiary alicyclic amines) is 1. The third-order valence-electron chi connectivity index (χ3n) is 6.24. The largest absolute Gasteiger partial charge is 0.369 e. The number of hydrogen-bond donors (Lipinski definition) is 2. The zero-order chi connectivity index (χ0) is 22.2. The number of anilines is 1. The average molecular weight is 557 g/mol. The summed E-state index contributed by atoms with van der Waals surface area (Å²) in [6.45, 7) is 9.86. The SMILES string of the molecule is CCNC(=NCCCN1CCCC1C(=O)N(C)C)NC1CCN(c2ccc(C)cc2)C1.I. The van der Waals surface area contributed by atoms with E-state index >= 15 is 0 Å². The van der Waals surface area contributed by atoms with E-state index < -0.39 is 0 Å². The highest BCUT2D eigenvalue weighted by molar-refractivity contribution is 14.0. The van der Waals surface area contributed by atoms with Gasteiger partial charge in [0, 0.05) is 58.5 Å². The average Bonchev–Trinajstić information content (AvgIpc) is 3.41. The number of likely N-dealkylation sites (N-methyl/N-ethyl adjacent to an activating group) is 1. The van der Waals surface area contributed by atoms with E-state index in [1.807, 2.05) is 14.1 Å². The summed E-state index contributed by atoms with van der Waals surface area (Å²) < 4.78 is 0. The second kappa shape index (κ2) is 13.2. The van der Waals surface area contributed by atoms with Gasteiger partial charge in [0.2, 0.25) is 5.91 Å². The standard InChI is InChI=1S/C24H40N6O.HI/c1-5-25-24(26-14-7-16-29-15-6-8-22(29)23(31)28(3)4)27-20-13-17-30(18-20)21-11-9-19(2)10-12-21;/h9-12,20,22H,5-8,13-18H2,1-4H3,(H2,25,26,27);1H. The third-order valence-corrected chi connectivity index (χ3v) is 6.24. The van der Waals surface area contributed by atoms with Crippen LogP contribution in [0.2, 0.25) is 0 Å². The first-order valence-corrected chi connectivity index (χ1v) is 11.8. The maximum Gasteiger partial charge on any atom is 0.239 e. The molecule has 2 aliphatic rings. The molecule has 1 amide bonds. The van der Waals surface area contributed by atoms with Crippen molar-refractivity contribution in [1.82, 2.24) is 20.4 Å². The van der Waals surface area contributed by atoms with Gasteiger partial charge in [0.25, 0.3) is 0 Å². The first-order chi connectivity index (χ1) is 15.0. The van der Waals surface area contributed by atoms with Gasteiger partial charge in [-0.25, -0.2) is 0 Å². The molecule has 2 aliphatic heterocycles. The van der Waals surface area contributed by atoms with Gasteiger partial charge < -0.3 is 20.4 Å². The lowest BCUT2D eigenvalue weighted by atomic mass is 10.2. The fourth-order valence-electron chi connectivity index (χ4n) is 4.52. The van der Waals surface area contributed by atoms with Crippen LogP contribution in [0.15, 0.2) is 29.3 Å². The van der Waals surface area contributed by atoms with Crippen LogP contribution in [0.5, 0.6) is 0 Å². The quantitative estimate of drug-likeness (QED) is 0.223. The minimum atomic E-state index is 0. The summed E-state index contributed by atoms with van der Waals surface area (Å²) in [6, 6.07) is 9.24. The Balaban J connectivity index is 0.00000363. The van der Waals surface area contributed by atoms with E-state index in [0.29, 0.717) is 6.04 Å². The number of carbonyl (C=O) groups excluding carboxylic acids is 1. The summed E-state index contributed by atoms with van der Waals surface area (Å²) >= 11 is 0. The van der Waals surface area contributed by atoms with Crippen molar-refractivity contribution in [2.75, 3.05) is 58.3 Å². The number of aliphatic imine (C=N–C) groups is 1. The van der Waals surface area contributed by atoms with Gasteiger partial charge in [0.05, 0.1) is 6.04 Å². The first-order valence-electron chi connectivity index (χ1n) is 11.8. The Morgan fingerprint density at radius 2 is 1.94 bits per heavy atom. The van der Waals surface area contributed by atoms with Gasteiger partial charge in [-0.3, -0.25) is 14.7 Å². The summed E-state index contributed by atoms with van der Waals surface area (Å²) in [6.07, 6.45) is 4.16. The normalized spacial score (nSPS) is 21.4. The summed E-state index contributed by atoms with van der Waals surface area (Å²) in [7, 11) is 3.70. The van der Waals surface area contributed by atoms with Crippen molar-refractivity contribution < 1.29 is 4.79 Å². The molecule has 3 rings (SSSR count). The molecule has 1 aromatic rings. The molecule has 0 spiro atoms. The highest BCUT2D eigenvalue weighted by atomic mass is 127. The van der Waals surface area contributed by atoms with Crippen molar-refractivity contribution in [2.45, 2.75) is 51.6 Å². The second-order valence-corrected chi connectivity index (χ2v) is 8.95. The summed E-state index contributed by atoms with van der Waals surface area (Å²) in [4.78, 5) is 23.6. The number of nitrogens with one attached hydrogen (secondary N) is 2. The van der Waals surface area contributed by atoms with E-state index in [-0.39, 0.29) is 35.9 Å². The molecule has 8 heteroatoms. The fourth-order valence-corrected chi connectivity index (χ4v) is 4.52. The fraction of sp³-hybridized carbons (Fsp3) is 0.667. The summed E-state index contributed by atoms with van der Waals surface area (Å²) in [5, 5.41) is 7.01. The Bertz CT molecular complexity index is 739. The van der Waals surface area contributed by atoms with Crippen molar-refractivity contribution in [3.63, 3.8) is 0 Å². The molecule has 0 saturated carbocycles. The summed E-state index contributed by atoms with van der Waals surface area (Å²) in [5.74, 6) is 1.14. The number of nitrogens with zero attached hydrogens (tertiary/aromatic N) is 4. The molecule has 7 nitrogen and oxygen atoms in total. The Kier molecular flexibility index (Phi) is 11.0. The predicted octanol–water partition coefficient (Wildman–Crippen LogP) is 2.69. The van der Waals surface area contributed by atoms with Gasteiger partial charge in [0.1, 0.15) is 0 Å². The highest BCUT2D eigenvalue weighted by Crippen LogP contribution is 2.21. The molecular formula is C24H41IN6O. The molecule has 2 heterocycles. The number of carbonyl (C=O) groups is 1. The predicted molar refractivity (Wildman–Crippen MR) is 144 cm³/mol. The Morgan fingerprint density at radius 1 is 1.19 bits per heavy atom. The van der Waals surface area contributed by atoms with E-state index in [0.717, 1.165) is 70.9 Å². The number of amides is 1. The molecule has 2 atom stereocenters. The molecule has 0 radical (unpaired) electrons. The van der Waals surface area contributed by atoms with Crippen molar-refractivity contribution in [3.8, 4) is 0 Å². The Hall–Kier alpha value is -1.55. The van der Waals surface area contributed by atoms with E-state index in [9.17, 15) is 4.79 Å². The molecule has 2 N–H and O–H groups in total. The van der Waals surface area contributed by atoms with Crippen LogP contribution in [0, 0.1) is 6.92 Å². The molecule has 2 saturated heterocycles. The van der Waals surface area contributed by atoms with Crippen molar-refractivity contribution in [3.05, 3.63) is 29.8 Å². The maximum atomic E-state index is 12.4. The lowest BCUT2D eigenvalue weighted by Gasteiger charge is -2.25. The van der Waals surface area contributed by atoms with Crippen LogP contribution in [-0.4, -0.2) is 87.1 Å². The number of hydrogen-bond acceptors (Lipinski definition) is 4. The molecule has 2 fully saturated rings. The van der Waals surface area contributed by atoms with E-state index in [4.69, 9.17) is 4.99 Å². The van der Waals surface area contributed by atoms with Crippen LogP contribution < -0.4 is 15.5 Å². The summed E-state index contributed by atoms with van der Waals surface area (Å²) in [5.41, 5.74) is 2.59. The van der Waals surface area contributed by atoms with Gasteiger partial charge in [-0.1, -0.05) is 17.7 Å². The van der Waals surface area contributed by atoms with Crippen LogP contribution >= 0.6 is 24.0 Å². The van der Waals surface area contributed by atoms with Crippen LogP contribution in [0.1, 0.15) is 38.2 Å². The van der Waals surface area contributed by atoms with Crippen molar-refractivity contribution >= 4 is 41.5 Å². The number of rotatable bonds is 8. The minimum Gasteiger partial charge on any atom is -0.369 e. The second-order valence-electron chi connectivity index (χ2n) is 8.95. The van der Waals surface area contributed by atoms with Crippen molar-refractivity contribution in [2.24, 2.45) is 4.99 Å². The lowest BCUT2D eigenvalue weighted by molar-refractivity contribution is -0.133. The van der Waals surface area contributed by atoms with Gasteiger partial charge >= 0.3 is 0 Å². The molecule has 2 unspecified atom stereocenters. The number of aryl methyl sites for hydroxylation is 1. The molecule has 1 aromatic carbocycles. The minimum absolute atomic E-state index is 0.